The molecule has 0 aliphatic carbocycles. The Balaban J connectivity index is 2.01. The van der Waals surface area contributed by atoms with Crippen LogP contribution in [0.5, 0.6) is 5.75 Å². The monoisotopic (exact) mass is 242 g/mol. The molecule has 2 aromatic rings. The quantitative estimate of drug-likeness (QED) is 0.863. The van der Waals surface area contributed by atoms with Crippen LogP contribution in [-0.4, -0.2) is 10.2 Å². The Hall–Kier alpha value is -1.80. The summed E-state index contributed by atoms with van der Waals surface area (Å²) >= 11 is 0. The molecule has 0 aliphatic rings. The molecule has 2 rings (SSSR count). The second kappa shape index (κ2) is 5.69. The van der Waals surface area contributed by atoms with Crippen LogP contribution in [0.1, 0.15) is 29.2 Å². The molecule has 1 unspecified atom stereocenters. The fraction of sp³-hybridized carbons (Fsp3) is 0.250. The van der Waals surface area contributed by atoms with Crippen LogP contribution < -0.4 is 0 Å². The predicted octanol–water partition coefficient (Wildman–Crippen LogP) is 3.37. The van der Waals surface area contributed by atoms with E-state index < -0.39 is 6.10 Å². The summed E-state index contributed by atoms with van der Waals surface area (Å²) in [4.78, 5) is 0. The van der Waals surface area contributed by atoms with Gasteiger partial charge in [-0.2, -0.15) is 0 Å². The van der Waals surface area contributed by atoms with Gasteiger partial charge in [-0.25, -0.2) is 0 Å². The largest absolute Gasteiger partial charge is 0.508 e. The third kappa shape index (κ3) is 3.11. The molecule has 0 fully saturated rings. The van der Waals surface area contributed by atoms with E-state index in [1.807, 2.05) is 49.4 Å². The van der Waals surface area contributed by atoms with Crippen LogP contribution in [0.25, 0.3) is 0 Å². The summed E-state index contributed by atoms with van der Waals surface area (Å²) in [7, 11) is 0. The van der Waals surface area contributed by atoms with Crippen LogP contribution in [0.2, 0.25) is 0 Å². The number of benzene rings is 2. The number of rotatable bonds is 4. The standard InChI is InChI=1S/C16H18O2/c1-12-7-9-16(18)14(11-12)8-10-15(17)13-5-3-2-4-6-13/h2-7,9,11,15,17-18H,8,10H2,1H3. The number of aryl methyl sites for hydroxylation is 2. The second-order valence-electron chi connectivity index (χ2n) is 4.60. The van der Waals surface area contributed by atoms with Crippen LogP contribution in [0, 0.1) is 6.92 Å². The topological polar surface area (TPSA) is 40.5 Å². The van der Waals surface area contributed by atoms with Gasteiger partial charge in [0.1, 0.15) is 5.75 Å². The van der Waals surface area contributed by atoms with Crippen molar-refractivity contribution in [3.05, 3.63) is 65.2 Å². The van der Waals surface area contributed by atoms with E-state index in [0.29, 0.717) is 18.6 Å². The Bertz CT molecular complexity index is 506. The minimum atomic E-state index is -0.480. The summed E-state index contributed by atoms with van der Waals surface area (Å²) in [6.45, 7) is 2.00. The third-order valence-electron chi connectivity index (χ3n) is 3.11. The minimum absolute atomic E-state index is 0.306. The second-order valence-corrected chi connectivity index (χ2v) is 4.60. The lowest BCUT2D eigenvalue weighted by Crippen LogP contribution is -1.99. The van der Waals surface area contributed by atoms with Crippen LogP contribution in [0.4, 0.5) is 0 Å². The van der Waals surface area contributed by atoms with Gasteiger partial charge >= 0.3 is 0 Å². The highest BCUT2D eigenvalue weighted by atomic mass is 16.3. The molecule has 2 N–H and O–H groups in total. The molecule has 0 amide bonds. The molecule has 0 aromatic heterocycles. The number of aliphatic hydroxyl groups is 1. The fourth-order valence-electron chi connectivity index (χ4n) is 2.05. The number of phenolic OH excluding ortho intramolecular Hbond substituents is 1. The Labute approximate surface area is 108 Å². The lowest BCUT2D eigenvalue weighted by molar-refractivity contribution is 0.167. The lowest BCUT2D eigenvalue weighted by atomic mass is 10.00. The average Bonchev–Trinajstić information content (AvgIpc) is 2.40. The maximum absolute atomic E-state index is 10.1. The van der Waals surface area contributed by atoms with Gasteiger partial charge in [-0.1, -0.05) is 48.0 Å². The first-order valence-corrected chi connectivity index (χ1v) is 6.18. The number of hydrogen-bond acceptors (Lipinski definition) is 2. The predicted molar refractivity (Wildman–Crippen MR) is 72.6 cm³/mol. The normalized spacial score (nSPS) is 12.3. The SMILES string of the molecule is Cc1ccc(O)c(CCC(O)c2ccccc2)c1. The summed E-state index contributed by atoms with van der Waals surface area (Å²) in [6.07, 6.45) is 0.802. The number of hydrogen-bond donors (Lipinski definition) is 2. The molecule has 0 saturated carbocycles. The maximum atomic E-state index is 10.1. The van der Waals surface area contributed by atoms with Gasteiger partial charge in [0.2, 0.25) is 0 Å². The van der Waals surface area contributed by atoms with Gasteiger partial charge in [0.05, 0.1) is 6.10 Å². The first kappa shape index (κ1) is 12.7. The Morgan fingerprint density at radius 3 is 2.50 bits per heavy atom. The van der Waals surface area contributed by atoms with Crippen molar-refractivity contribution in [2.45, 2.75) is 25.9 Å². The van der Waals surface area contributed by atoms with Crippen molar-refractivity contribution in [2.24, 2.45) is 0 Å². The van der Waals surface area contributed by atoms with Gasteiger partial charge in [0.15, 0.2) is 0 Å². The van der Waals surface area contributed by atoms with E-state index in [1.165, 1.54) is 0 Å². The molecule has 1 atom stereocenters. The highest BCUT2D eigenvalue weighted by Gasteiger charge is 2.09. The van der Waals surface area contributed by atoms with Crippen molar-refractivity contribution in [1.29, 1.82) is 0 Å². The van der Waals surface area contributed by atoms with Gasteiger partial charge in [-0.3, -0.25) is 0 Å². The molecule has 2 heteroatoms. The van der Waals surface area contributed by atoms with Crippen LogP contribution in [0.15, 0.2) is 48.5 Å². The Morgan fingerprint density at radius 1 is 1.06 bits per heavy atom. The van der Waals surface area contributed by atoms with E-state index in [4.69, 9.17) is 0 Å². The molecule has 0 spiro atoms. The highest BCUT2D eigenvalue weighted by Crippen LogP contribution is 2.24. The van der Waals surface area contributed by atoms with Gasteiger partial charge < -0.3 is 10.2 Å². The summed E-state index contributed by atoms with van der Waals surface area (Å²) in [6, 6.07) is 15.2. The smallest absolute Gasteiger partial charge is 0.118 e. The van der Waals surface area contributed by atoms with Crippen molar-refractivity contribution in [2.75, 3.05) is 0 Å². The summed E-state index contributed by atoms with van der Waals surface area (Å²) < 4.78 is 0. The fourth-order valence-corrected chi connectivity index (χ4v) is 2.05. The van der Waals surface area contributed by atoms with E-state index in [1.54, 1.807) is 6.07 Å². The van der Waals surface area contributed by atoms with Crippen LogP contribution in [0.3, 0.4) is 0 Å². The van der Waals surface area contributed by atoms with E-state index in [2.05, 4.69) is 0 Å². The lowest BCUT2D eigenvalue weighted by Gasteiger charge is -2.12. The number of aliphatic hydroxyl groups excluding tert-OH is 1. The van der Waals surface area contributed by atoms with Crippen LogP contribution in [-0.2, 0) is 6.42 Å². The molecule has 2 aromatic carbocycles. The van der Waals surface area contributed by atoms with E-state index in [-0.39, 0.29) is 0 Å². The molecule has 0 bridgehead atoms. The van der Waals surface area contributed by atoms with Gasteiger partial charge in [0, 0.05) is 0 Å². The van der Waals surface area contributed by atoms with Crippen molar-refractivity contribution in [1.82, 2.24) is 0 Å². The van der Waals surface area contributed by atoms with Crippen molar-refractivity contribution >= 4 is 0 Å². The third-order valence-corrected chi connectivity index (χ3v) is 3.11. The Morgan fingerprint density at radius 2 is 1.78 bits per heavy atom. The van der Waals surface area contributed by atoms with Gasteiger partial charge in [-0.05, 0) is 37.0 Å². The molecule has 94 valence electrons. The molecule has 0 saturated heterocycles. The first-order chi connectivity index (χ1) is 8.66. The zero-order valence-corrected chi connectivity index (χ0v) is 10.5. The van der Waals surface area contributed by atoms with E-state index in [9.17, 15) is 10.2 Å². The highest BCUT2D eigenvalue weighted by molar-refractivity contribution is 5.35. The van der Waals surface area contributed by atoms with Crippen molar-refractivity contribution in [3.8, 4) is 5.75 Å². The molecule has 0 aliphatic heterocycles. The maximum Gasteiger partial charge on any atom is 0.118 e. The first-order valence-electron chi connectivity index (χ1n) is 6.18. The molecule has 2 nitrogen and oxygen atoms in total. The molecule has 18 heavy (non-hydrogen) atoms. The van der Waals surface area contributed by atoms with Crippen molar-refractivity contribution < 1.29 is 10.2 Å². The number of aromatic hydroxyl groups is 1. The molecular weight excluding hydrogens is 224 g/mol. The molecule has 0 radical (unpaired) electrons. The zero-order valence-electron chi connectivity index (χ0n) is 10.5. The minimum Gasteiger partial charge on any atom is -0.508 e. The Kier molecular flexibility index (Phi) is 4.00. The van der Waals surface area contributed by atoms with Gasteiger partial charge in [-0.15, -0.1) is 0 Å². The summed E-state index contributed by atoms with van der Waals surface area (Å²) in [5.74, 6) is 0.306. The summed E-state index contributed by atoms with van der Waals surface area (Å²) in [5.41, 5.74) is 2.94. The molecule has 0 heterocycles. The van der Waals surface area contributed by atoms with E-state index in [0.717, 1.165) is 16.7 Å². The van der Waals surface area contributed by atoms with Gasteiger partial charge in [0.25, 0.3) is 0 Å². The molecular formula is C16H18O2. The van der Waals surface area contributed by atoms with Crippen molar-refractivity contribution in [3.63, 3.8) is 0 Å². The average molecular weight is 242 g/mol. The summed E-state index contributed by atoms with van der Waals surface area (Å²) in [5, 5.41) is 19.8. The van der Waals surface area contributed by atoms with E-state index >= 15 is 0 Å². The number of phenols is 1. The van der Waals surface area contributed by atoms with Crippen LogP contribution >= 0.6 is 0 Å². The zero-order chi connectivity index (χ0) is 13.0.